The molecule has 24 heavy (non-hydrogen) atoms. The third-order valence-corrected chi connectivity index (χ3v) is 4.33. The van der Waals surface area contributed by atoms with Crippen molar-refractivity contribution in [3.05, 3.63) is 35.9 Å². The number of hydrogen-bond acceptors (Lipinski definition) is 4. The van der Waals surface area contributed by atoms with Gasteiger partial charge in [-0.05, 0) is 12.1 Å². The largest absolute Gasteiger partial charge is 0.335 e. The molecule has 3 amide bonds. The monoisotopic (exact) mass is 328 g/mol. The summed E-state index contributed by atoms with van der Waals surface area (Å²) in [7, 11) is 1.56. The zero-order valence-electron chi connectivity index (χ0n) is 13.6. The number of nitrogens with zero attached hydrogens (tertiary/aromatic N) is 4. The SMILES string of the molecule is CN1N=C(C(=O)N2CCN(C(=O)c3ccccc3)CC2)CCC1=O. The fourth-order valence-electron chi connectivity index (χ4n) is 2.88. The van der Waals surface area contributed by atoms with Crippen molar-refractivity contribution in [3.8, 4) is 0 Å². The third-order valence-electron chi connectivity index (χ3n) is 4.33. The minimum absolute atomic E-state index is 0.0111. The highest BCUT2D eigenvalue weighted by Gasteiger charge is 2.29. The van der Waals surface area contributed by atoms with Crippen LogP contribution in [0.1, 0.15) is 23.2 Å². The molecule has 2 aliphatic rings. The lowest BCUT2D eigenvalue weighted by Gasteiger charge is -2.35. The smallest absolute Gasteiger partial charge is 0.270 e. The summed E-state index contributed by atoms with van der Waals surface area (Å²) in [5, 5.41) is 5.30. The maximum absolute atomic E-state index is 12.5. The fraction of sp³-hybridized carbons (Fsp3) is 0.412. The van der Waals surface area contributed by atoms with E-state index in [9.17, 15) is 14.4 Å². The summed E-state index contributed by atoms with van der Waals surface area (Å²) in [6.07, 6.45) is 0.693. The van der Waals surface area contributed by atoms with Crippen LogP contribution in [-0.4, -0.2) is 71.5 Å². The van der Waals surface area contributed by atoms with Gasteiger partial charge in [0, 0.05) is 51.6 Å². The number of carbonyl (C=O) groups excluding carboxylic acids is 3. The Hall–Kier alpha value is -2.70. The number of carbonyl (C=O) groups is 3. The maximum Gasteiger partial charge on any atom is 0.270 e. The van der Waals surface area contributed by atoms with E-state index >= 15 is 0 Å². The van der Waals surface area contributed by atoms with Gasteiger partial charge in [-0.2, -0.15) is 5.10 Å². The van der Waals surface area contributed by atoms with Gasteiger partial charge in [-0.3, -0.25) is 14.4 Å². The van der Waals surface area contributed by atoms with Crippen molar-refractivity contribution in [2.75, 3.05) is 33.2 Å². The average Bonchev–Trinajstić information content (AvgIpc) is 2.63. The Bertz CT molecular complexity index is 678. The normalized spacial score (nSPS) is 18.5. The number of benzene rings is 1. The Kier molecular flexibility index (Phi) is 4.59. The summed E-state index contributed by atoms with van der Waals surface area (Å²) >= 11 is 0. The second-order valence-corrected chi connectivity index (χ2v) is 5.91. The molecule has 0 unspecified atom stereocenters. The van der Waals surface area contributed by atoms with Gasteiger partial charge < -0.3 is 9.80 Å². The molecule has 2 aliphatic heterocycles. The quantitative estimate of drug-likeness (QED) is 0.797. The van der Waals surface area contributed by atoms with Crippen LogP contribution in [0.3, 0.4) is 0 Å². The molecule has 0 N–H and O–H groups in total. The second kappa shape index (κ2) is 6.82. The molecule has 1 fully saturated rings. The zero-order valence-corrected chi connectivity index (χ0v) is 13.6. The van der Waals surface area contributed by atoms with Gasteiger partial charge in [0.2, 0.25) is 5.91 Å². The highest BCUT2D eigenvalue weighted by Crippen LogP contribution is 2.13. The van der Waals surface area contributed by atoms with Gasteiger partial charge in [0.1, 0.15) is 5.71 Å². The molecule has 7 heteroatoms. The van der Waals surface area contributed by atoms with Crippen LogP contribution in [0, 0.1) is 0 Å². The highest BCUT2D eigenvalue weighted by atomic mass is 16.2. The van der Waals surface area contributed by atoms with Crippen LogP contribution in [-0.2, 0) is 9.59 Å². The van der Waals surface area contributed by atoms with Crippen molar-refractivity contribution in [1.29, 1.82) is 0 Å². The standard InChI is InChI=1S/C17H20N4O3/c1-19-15(22)8-7-14(18-19)17(24)21-11-9-20(10-12-21)16(23)13-5-3-2-4-6-13/h2-6H,7-12H2,1H3. The molecular formula is C17H20N4O3. The van der Waals surface area contributed by atoms with E-state index in [0.29, 0.717) is 50.3 Å². The molecular weight excluding hydrogens is 308 g/mol. The Morgan fingerprint density at radius 2 is 1.50 bits per heavy atom. The Morgan fingerprint density at radius 3 is 2.08 bits per heavy atom. The lowest BCUT2D eigenvalue weighted by molar-refractivity contribution is -0.131. The summed E-state index contributed by atoms with van der Waals surface area (Å²) in [5.74, 6) is -0.228. The average molecular weight is 328 g/mol. The molecule has 3 rings (SSSR count). The first-order chi connectivity index (χ1) is 11.6. The molecule has 0 spiro atoms. The van der Waals surface area contributed by atoms with E-state index < -0.39 is 0 Å². The molecule has 1 aromatic rings. The molecule has 2 heterocycles. The molecule has 0 aromatic heterocycles. The number of amides is 3. The van der Waals surface area contributed by atoms with Gasteiger partial charge in [-0.25, -0.2) is 5.01 Å². The fourth-order valence-corrected chi connectivity index (χ4v) is 2.88. The molecule has 0 radical (unpaired) electrons. The summed E-state index contributed by atoms with van der Waals surface area (Å²) < 4.78 is 0. The summed E-state index contributed by atoms with van der Waals surface area (Å²) in [6, 6.07) is 9.14. The Labute approximate surface area is 140 Å². The highest BCUT2D eigenvalue weighted by molar-refractivity contribution is 6.39. The predicted molar refractivity (Wildman–Crippen MR) is 88.4 cm³/mol. The topological polar surface area (TPSA) is 73.3 Å². The Balaban J connectivity index is 1.59. The van der Waals surface area contributed by atoms with Gasteiger partial charge in [-0.15, -0.1) is 0 Å². The molecule has 126 valence electrons. The van der Waals surface area contributed by atoms with Crippen LogP contribution >= 0.6 is 0 Å². The van der Waals surface area contributed by atoms with Gasteiger partial charge in [0.05, 0.1) is 0 Å². The molecule has 1 aromatic carbocycles. The van der Waals surface area contributed by atoms with Crippen LogP contribution < -0.4 is 0 Å². The van der Waals surface area contributed by atoms with Gasteiger partial charge in [0.15, 0.2) is 0 Å². The summed E-state index contributed by atoms with van der Waals surface area (Å²) in [5.41, 5.74) is 1.08. The van der Waals surface area contributed by atoms with Crippen molar-refractivity contribution in [3.63, 3.8) is 0 Å². The molecule has 0 saturated carbocycles. The van der Waals surface area contributed by atoms with Crippen LogP contribution in [0.5, 0.6) is 0 Å². The first-order valence-corrected chi connectivity index (χ1v) is 8.04. The van der Waals surface area contributed by atoms with E-state index in [4.69, 9.17) is 0 Å². The molecule has 1 saturated heterocycles. The van der Waals surface area contributed by atoms with Crippen molar-refractivity contribution < 1.29 is 14.4 Å². The van der Waals surface area contributed by atoms with Crippen molar-refractivity contribution in [1.82, 2.24) is 14.8 Å². The van der Waals surface area contributed by atoms with Crippen LogP contribution in [0.15, 0.2) is 35.4 Å². The van der Waals surface area contributed by atoms with E-state index in [0.717, 1.165) is 0 Å². The first-order valence-electron chi connectivity index (χ1n) is 8.04. The number of piperazine rings is 1. The predicted octanol–water partition coefficient (Wildman–Crippen LogP) is 0.579. The van der Waals surface area contributed by atoms with Crippen LogP contribution in [0.2, 0.25) is 0 Å². The van der Waals surface area contributed by atoms with Crippen LogP contribution in [0.25, 0.3) is 0 Å². The molecule has 7 nitrogen and oxygen atoms in total. The Morgan fingerprint density at radius 1 is 0.917 bits per heavy atom. The van der Waals surface area contributed by atoms with E-state index in [2.05, 4.69) is 5.10 Å². The molecule has 0 aliphatic carbocycles. The van der Waals surface area contributed by atoms with Crippen molar-refractivity contribution in [2.45, 2.75) is 12.8 Å². The second-order valence-electron chi connectivity index (χ2n) is 5.91. The van der Waals surface area contributed by atoms with Gasteiger partial charge in [-0.1, -0.05) is 18.2 Å². The van der Waals surface area contributed by atoms with Crippen LogP contribution in [0.4, 0.5) is 0 Å². The number of hydrogen-bond donors (Lipinski definition) is 0. The van der Waals surface area contributed by atoms with E-state index in [1.807, 2.05) is 18.2 Å². The third kappa shape index (κ3) is 3.29. The minimum Gasteiger partial charge on any atom is -0.335 e. The lowest BCUT2D eigenvalue weighted by atomic mass is 10.1. The van der Waals surface area contributed by atoms with Gasteiger partial charge in [0.25, 0.3) is 11.8 Å². The maximum atomic E-state index is 12.5. The minimum atomic E-state index is -0.138. The van der Waals surface area contributed by atoms with Crippen molar-refractivity contribution >= 4 is 23.4 Å². The summed E-state index contributed by atoms with van der Waals surface area (Å²) in [4.78, 5) is 39.8. The number of rotatable bonds is 2. The van der Waals surface area contributed by atoms with Crippen molar-refractivity contribution in [2.24, 2.45) is 5.10 Å². The lowest BCUT2D eigenvalue weighted by Crippen LogP contribution is -2.52. The van der Waals surface area contributed by atoms with E-state index in [1.165, 1.54) is 5.01 Å². The number of hydrazone groups is 1. The summed E-state index contributed by atoms with van der Waals surface area (Å²) in [6.45, 7) is 1.96. The molecule has 0 bridgehead atoms. The first kappa shape index (κ1) is 16.2. The van der Waals surface area contributed by atoms with E-state index in [1.54, 1.807) is 29.0 Å². The molecule has 0 atom stereocenters. The zero-order chi connectivity index (χ0) is 17.1. The van der Waals surface area contributed by atoms with E-state index in [-0.39, 0.29) is 17.7 Å². The van der Waals surface area contributed by atoms with Gasteiger partial charge >= 0.3 is 0 Å².